The molecule has 1 aliphatic heterocycles. The number of rotatable bonds is 1. The van der Waals surface area contributed by atoms with Crippen LogP contribution in [0.3, 0.4) is 0 Å². The lowest BCUT2D eigenvalue weighted by molar-refractivity contribution is -0.123. The standard InChI is InChI=1S/C13H13NO3/c14-13-11(16)10(15)12(17-13)9-5-4-7-2-1-3-8(7)6-9/h4-6,12,16H,1-3,14H2/t12-/m1/s1. The number of benzene rings is 1. The quantitative estimate of drug-likeness (QED) is 0.768. The van der Waals surface area contributed by atoms with Crippen LogP contribution in [0.15, 0.2) is 29.8 Å². The van der Waals surface area contributed by atoms with Crippen LogP contribution in [0, 0.1) is 0 Å². The molecule has 4 heteroatoms. The average Bonchev–Trinajstić information content (AvgIpc) is 2.89. The minimum atomic E-state index is -0.777. The molecule has 0 saturated carbocycles. The molecule has 1 aromatic rings. The van der Waals surface area contributed by atoms with Crippen molar-refractivity contribution in [2.75, 3.05) is 0 Å². The molecule has 0 fully saturated rings. The van der Waals surface area contributed by atoms with Gasteiger partial charge in [-0.1, -0.05) is 18.2 Å². The molecule has 0 aromatic heterocycles. The Kier molecular flexibility index (Phi) is 2.11. The number of ketones is 1. The van der Waals surface area contributed by atoms with Crippen molar-refractivity contribution in [2.45, 2.75) is 25.4 Å². The molecule has 0 bridgehead atoms. The molecule has 0 amide bonds. The molecule has 1 aliphatic carbocycles. The summed E-state index contributed by atoms with van der Waals surface area (Å²) in [4.78, 5) is 11.7. The van der Waals surface area contributed by atoms with Gasteiger partial charge in [0.1, 0.15) is 0 Å². The minimum Gasteiger partial charge on any atom is -0.501 e. The summed E-state index contributed by atoms with van der Waals surface area (Å²) in [7, 11) is 0. The molecule has 1 aromatic carbocycles. The molecular weight excluding hydrogens is 218 g/mol. The summed E-state index contributed by atoms with van der Waals surface area (Å²) in [6, 6.07) is 5.88. The molecule has 4 nitrogen and oxygen atoms in total. The van der Waals surface area contributed by atoms with Crippen LogP contribution in [0.4, 0.5) is 0 Å². The molecule has 1 heterocycles. The van der Waals surface area contributed by atoms with E-state index >= 15 is 0 Å². The first-order chi connectivity index (χ1) is 8.16. The van der Waals surface area contributed by atoms with E-state index in [4.69, 9.17) is 10.5 Å². The smallest absolute Gasteiger partial charge is 0.247 e. The summed E-state index contributed by atoms with van der Waals surface area (Å²) < 4.78 is 5.19. The first-order valence-corrected chi connectivity index (χ1v) is 5.68. The van der Waals surface area contributed by atoms with Crippen LogP contribution in [-0.4, -0.2) is 10.9 Å². The lowest BCUT2D eigenvalue weighted by Crippen LogP contribution is -2.10. The maximum absolute atomic E-state index is 11.7. The van der Waals surface area contributed by atoms with Gasteiger partial charge in [0.25, 0.3) is 0 Å². The van der Waals surface area contributed by atoms with Crippen LogP contribution in [-0.2, 0) is 22.4 Å². The second-order valence-electron chi connectivity index (χ2n) is 4.46. The topological polar surface area (TPSA) is 72.5 Å². The number of fused-ring (bicyclic) bond motifs is 1. The Morgan fingerprint density at radius 3 is 2.76 bits per heavy atom. The van der Waals surface area contributed by atoms with Crippen molar-refractivity contribution >= 4 is 5.78 Å². The maximum Gasteiger partial charge on any atom is 0.247 e. The molecule has 1 atom stereocenters. The number of hydrogen-bond donors (Lipinski definition) is 2. The fourth-order valence-corrected chi connectivity index (χ4v) is 2.46. The van der Waals surface area contributed by atoms with Gasteiger partial charge in [-0.05, 0) is 30.4 Å². The third-order valence-corrected chi connectivity index (χ3v) is 3.38. The van der Waals surface area contributed by atoms with Crippen LogP contribution in [0.1, 0.15) is 29.2 Å². The van der Waals surface area contributed by atoms with Crippen molar-refractivity contribution in [3.8, 4) is 0 Å². The van der Waals surface area contributed by atoms with Crippen molar-refractivity contribution in [1.82, 2.24) is 0 Å². The van der Waals surface area contributed by atoms with Crippen molar-refractivity contribution in [3.63, 3.8) is 0 Å². The first kappa shape index (κ1) is 10.2. The molecule has 2 aliphatic rings. The molecule has 88 valence electrons. The van der Waals surface area contributed by atoms with Gasteiger partial charge in [0.05, 0.1) is 0 Å². The second kappa shape index (κ2) is 3.52. The van der Waals surface area contributed by atoms with E-state index in [0.29, 0.717) is 0 Å². The van der Waals surface area contributed by atoms with E-state index in [2.05, 4.69) is 0 Å². The summed E-state index contributed by atoms with van der Waals surface area (Å²) >= 11 is 0. The van der Waals surface area contributed by atoms with E-state index in [1.54, 1.807) is 0 Å². The predicted octanol–water partition coefficient (Wildman–Crippen LogP) is 1.50. The Morgan fingerprint density at radius 2 is 2.06 bits per heavy atom. The fourth-order valence-electron chi connectivity index (χ4n) is 2.46. The van der Waals surface area contributed by atoms with Gasteiger partial charge >= 0.3 is 0 Å². The Balaban J connectivity index is 1.94. The summed E-state index contributed by atoms with van der Waals surface area (Å²) in [5.74, 6) is -1.10. The van der Waals surface area contributed by atoms with Gasteiger partial charge < -0.3 is 15.6 Å². The van der Waals surface area contributed by atoms with E-state index in [-0.39, 0.29) is 5.88 Å². The number of aliphatic hydroxyl groups is 1. The Hall–Kier alpha value is -1.97. The third kappa shape index (κ3) is 1.48. The van der Waals surface area contributed by atoms with Crippen molar-refractivity contribution in [1.29, 1.82) is 0 Å². The summed E-state index contributed by atoms with van der Waals surface area (Å²) in [5, 5.41) is 9.37. The van der Waals surface area contributed by atoms with Gasteiger partial charge in [-0.3, -0.25) is 4.79 Å². The number of Topliss-reactive ketones (excluding diaryl/α,β-unsaturated/α-hetero) is 1. The van der Waals surface area contributed by atoms with Crippen LogP contribution in [0.5, 0.6) is 0 Å². The van der Waals surface area contributed by atoms with Gasteiger partial charge in [-0.25, -0.2) is 0 Å². The SMILES string of the molecule is NC1=C(O)C(=O)[C@@H](c2ccc3c(c2)CCC3)O1. The van der Waals surface area contributed by atoms with Gasteiger partial charge in [-0.15, -0.1) is 0 Å². The monoisotopic (exact) mass is 231 g/mol. The third-order valence-electron chi connectivity index (χ3n) is 3.38. The molecule has 0 unspecified atom stereocenters. The van der Waals surface area contributed by atoms with Crippen molar-refractivity contribution in [3.05, 3.63) is 46.5 Å². The molecule has 17 heavy (non-hydrogen) atoms. The Labute approximate surface area is 98.7 Å². The van der Waals surface area contributed by atoms with E-state index in [0.717, 1.165) is 24.8 Å². The average molecular weight is 231 g/mol. The zero-order chi connectivity index (χ0) is 12.0. The first-order valence-electron chi connectivity index (χ1n) is 5.68. The van der Waals surface area contributed by atoms with E-state index in [1.807, 2.05) is 18.2 Å². The summed E-state index contributed by atoms with van der Waals surface area (Å²) in [5.41, 5.74) is 8.77. The van der Waals surface area contributed by atoms with Crippen molar-refractivity contribution < 1.29 is 14.6 Å². The van der Waals surface area contributed by atoms with Gasteiger partial charge in [-0.2, -0.15) is 0 Å². The minimum absolute atomic E-state index is 0.180. The number of carbonyl (C=O) groups is 1. The molecule has 3 rings (SSSR count). The highest BCUT2D eigenvalue weighted by Crippen LogP contribution is 2.32. The number of nitrogens with two attached hydrogens (primary N) is 1. The number of aliphatic hydroxyl groups excluding tert-OH is 1. The van der Waals surface area contributed by atoms with Crippen molar-refractivity contribution in [2.24, 2.45) is 5.73 Å². The molecular formula is C13H13NO3. The van der Waals surface area contributed by atoms with Gasteiger partial charge in [0.15, 0.2) is 6.10 Å². The maximum atomic E-state index is 11.7. The normalized spacial score (nSPS) is 22.8. The summed E-state index contributed by atoms with van der Waals surface area (Å²) in [6.45, 7) is 0. The number of carbonyl (C=O) groups excluding carboxylic acids is 1. The molecule has 0 radical (unpaired) electrons. The fraction of sp³-hybridized carbons (Fsp3) is 0.308. The van der Waals surface area contributed by atoms with Crippen LogP contribution < -0.4 is 5.73 Å². The number of ether oxygens (including phenoxy) is 1. The molecule has 0 spiro atoms. The number of aryl methyl sites for hydroxylation is 2. The van der Waals surface area contributed by atoms with Gasteiger partial charge in [0.2, 0.25) is 17.4 Å². The summed E-state index contributed by atoms with van der Waals surface area (Å²) in [6.07, 6.45) is 2.52. The highest BCUT2D eigenvalue weighted by molar-refractivity contribution is 5.99. The van der Waals surface area contributed by atoms with Crippen LogP contribution in [0.2, 0.25) is 0 Å². The lowest BCUT2D eigenvalue weighted by atomic mass is 10.0. The van der Waals surface area contributed by atoms with E-state index in [1.165, 1.54) is 11.1 Å². The van der Waals surface area contributed by atoms with E-state index < -0.39 is 17.6 Å². The largest absolute Gasteiger partial charge is 0.501 e. The molecule has 0 saturated heterocycles. The second-order valence-corrected chi connectivity index (χ2v) is 4.46. The highest BCUT2D eigenvalue weighted by atomic mass is 16.5. The van der Waals surface area contributed by atoms with Gasteiger partial charge in [0, 0.05) is 5.56 Å². The number of hydrogen-bond acceptors (Lipinski definition) is 4. The zero-order valence-corrected chi connectivity index (χ0v) is 9.27. The predicted molar refractivity (Wildman–Crippen MR) is 61.1 cm³/mol. The van der Waals surface area contributed by atoms with Crippen LogP contribution in [0.25, 0.3) is 0 Å². The Bertz CT molecular complexity index is 533. The van der Waals surface area contributed by atoms with Crippen LogP contribution >= 0.6 is 0 Å². The Morgan fingerprint density at radius 1 is 1.29 bits per heavy atom. The van der Waals surface area contributed by atoms with E-state index in [9.17, 15) is 9.90 Å². The molecule has 3 N–H and O–H groups in total. The zero-order valence-electron chi connectivity index (χ0n) is 9.27. The highest BCUT2D eigenvalue weighted by Gasteiger charge is 2.35. The lowest BCUT2D eigenvalue weighted by Gasteiger charge is -2.11.